The minimum absolute atomic E-state index is 0.0180. The summed E-state index contributed by atoms with van der Waals surface area (Å²) in [7, 11) is 1.47. The average molecular weight is 557 g/mol. The lowest BCUT2D eigenvalue weighted by molar-refractivity contribution is -0.120. The number of allylic oxidation sites excluding steroid dienone is 5. The number of halogens is 6. The molecule has 0 spiro atoms. The van der Waals surface area contributed by atoms with E-state index in [-0.39, 0.29) is 50.5 Å². The van der Waals surface area contributed by atoms with Crippen LogP contribution in [-0.4, -0.2) is 39.9 Å². The minimum Gasteiger partial charge on any atom is -0.355 e. The van der Waals surface area contributed by atoms with Gasteiger partial charge in [0.1, 0.15) is 22.2 Å². The van der Waals surface area contributed by atoms with Crippen LogP contribution < -0.4 is 0 Å². The summed E-state index contributed by atoms with van der Waals surface area (Å²) in [5.41, 5.74) is -1.31. The lowest BCUT2D eigenvalue weighted by atomic mass is 10.0. The zero-order valence-corrected chi connectivity index (χ0v) is 21.2. The molecule has 0 atom stereocenters. The van der Waals surface area contributed by atoms with E-state index >= 15 is 0 Å². The molecule has 3 aromatic rings. The van der Waals surface area contributed by atoms with Gasteiger partial charge in [-0.25, -0.2) is 14.4 Å². The van der Waals surface area contributed by atoms with Crippen LogP contribution in [0.3, 0.4) is 0 Å². The summed E-state index contributed by atoms with van der Waals surface area (Å²) in [5.74, 6) is -0.898. The van der Waals surface area contributed by atoms with Gasteiger partial charge in [-0.05, 0) is 31.2 Å². The molecular formula is C24H18Cl2F4N4OS. The van der Waals surface area contributed by atoms with E-state index in [4.69, 9.17) is 27.7 Å². The predicted molar refractivity (Wildman–Crippen MR) is 133 cm³/mol. The number of aromatic nitrogens is 2. The molecule has 0 bridgehead atoms. The fourth-order valence-electron chi connectivity index (χ4n) is 3.87. The summed E-state index contributed by atoms with van der Waals surface area (Å²) in [5, 5.41) is 8.35. The SMILES string of the molecule is C=C(C=C(Cl)C=CC)N1C(C(F)(F)F)=C(c2onc(-c3c(F)cccc3Cl)c2-c2nccs2)CN1C. The van der Waals surface area contributed by atoms with Crippen molar-refractivity contribution in [3.8, 4) is 21.8 Å². The van der Waals surface area contributed by atoms with Gasteiger partial charge in [-0.2, -0.15) is 13.2 Å². The van der Waals surface area contributed by atoms with Crippen molar-refractivity contribution in [3.05, 3.63) is 87.6 Å². The standard InChI is InChI=1S/C24H18Cl2F4N4OS/c1-4-6-14(25)11-13(2)34-22(24(28,29)30)15(12-33(34)3)21-19(23-31-9-10-36-23)20(32-35-21)18-16(26)7-5-8-17(18)27/h4-11H,2,12H2,1,3H3. The number of hydrogen-bond donors (Lipinski definition) is 0. The highest BCUT2D eigenvalue weighted by atomic mass is 35.5. The highest BCUT2D eigenvalue weighted by Gasteiger charge is 2.48. The van der Waals surface area contributed by atoms with Crippen LogP contribution >= 0.6 is 34.5 Å². The maximum Gasteiger partial charge on any atom is 0.433 e. The minimum atomic E-state index is -4.81. The zero-order chi connectivity index (χ0) is 26.2. The number of alkyl halides is 3. The van der Waals surface area contributed by atoms with Crippen molar-refractivity contribution in [3.63, 3.8) is 0 Å². The average Bonchev–Trinajstić information content (AvgIpc) is 3.51. The van der Waals surface area contributed by atoms with Gasteiger partial charge >= 0.3 is 6.18 Å². The first-order valence-electron chi connectivity index (χ1n) is 10.4. The van der Waals surface area contributed by atoms with Gasteiger partial charge in [0, 0.05) is 35.8 Å². The van der Waals surface area contributed by atoms with Crippen molar-refractivity contribution in [1.82, 2.24) is 20.2 Å². The lowest BCUT2D eigenvalue weighted by Crippen LogP contribution is -2.37. The fraction of sp³-hybridized carbons (Fsp3) is 0.167. The summed E-state index contributed by atoms with van der Waals surface area (Å²) in [6, 6.07) is 4.05. The van der Waals surface area contributed by atoms with Crippen LogP contribution in [0.4, 0.5) is 17.6 Å². The molecule has 36 heavy (non-hydrogen) atoms. The molecule has 1 aromatic carbocycles. The first-order valence-corrected chi connectivity index (χ1v) is 12.0. The third-order valence-corrected chi connectivity index (χ3v) is 6.55. The molecule has 5 nitrogen and oxygen atoms in total. The van der Waals surface area contributed by atoms with Crippen LogP contribution in [0.2, 0.25) is 5.02 Å². The van der Waals surface area contributed by atoms with E-state index in [1.165, 1.54) is 48.6 Å². The molecule has 2 aromatic heterocycles. The fourth-order valence-corrected chi connectivity index (χ4v) is 5.05. The zero-order valence-electron chi connectivity index (χ0n) is 18.9. The van der Waals surface area contributed by atoms with E-state index < -0.39 is 17.7 Å². The Morgan fingerprint density at radius 3 is 2.64 bits per heavy atom. The van der Waals surface area contributed by atoms with Crippen molar-refractivity contribution in [2.75, 3.05) is 13.6 Å². The molecule has 188 valence electrons. The Labute approximate surface area is 218 Å². The Kier molecular flexibility index (Phi) is 7.42. The first kappa shape index (κ1) is 26.2. The molecule has 0 fully saturated rings. The number of hydrazine groups is 1. The van der Waals surface area contributed by atoms with Crippen molar-refractivity contribution >= 4 is 40.1 Å². The van der Waals surface area contributed by atoms with E-state index in [2.05, 4.69) is 16.7 Å². The van der Waals surface area contributed by atoms with Crippen molar-refractivity contribution < 1.29 is 22.1 Å². The number of likely N-dealkylation sites (N-methyl/N-ethyl adjacent to an activating group) is 1. The van der Waals surface area contributed by atoms with E-state index in [0.29, 0.717) is 5.01 Å². The quantitative estimate of drug-likeness (QED) is 0.228. The highest BCUT2D eigenvalue weighted by Crippen LogP contribution is 2.47. The second kappa shape index (κ2) is 10.2. The van der Waals surface area contributed by atoms with Gasteiger partial charge < -0.3 is 4.52 Å². The Morgan fingerprint density at radius 2 is 2.03 bits per heavy atom. The normalized spacial score (nSPS) is 15.6. The van der Waals surface area contributed by atoms with Gasteiger partial charge in [0.2, 0.25) is 0 Å². The van der Waals surface area contributed by atoms with Crippen LogP contribution in [0.5, 0.6) is 0 Å². The summed E-state index contributed by atoms with van der Waals surface area (Å²) in [6.45, 7) is 5.30. The Hall–Kier alpha value is -2.92. The summed E-state index contributed by atoms with van der Waals surface area (Å²) in [6.07, 6.45) is 1.16. The van der Waals surface area contributed by atoms with Gasteiger partial charge in [-0.1, -0.05) is 47.1 Å². The molecule has 0 saturated carbocycles. The van der Waals surface area contributed by atoms with E-state index in [1.807, 2.05) is 0 Å². The number of nitrogens with zero attached hydrogens (tertiary/aromatic N) is 4. The van der Waals surface area contributed by atoms with Crippen molar-refractivity contribution in [1.29, 1.82) is 0 Å². The van der Waals surface area contributed by atoms with Crippen LogP contribution in [-0.2, 0) is 0 Å². The molecule has 0 N–H and O–H groups in total. The molecule has 3 heterocycles. The molecule has 1 aliphatic heterocycles. The topological polar surface area (TPSA) is 45.4 Å². The number of hydrogen-bond acceptors (Lipinski definition) is 6. The van der Waals surface area contributed by atoms with Gasteiger partial charge in [0.05, 0.1) is 21.8 Å². The molecule has 0 amide bonds. The van der Waals surface area contributed by atoms with Gasteiger partial charge in [-0.3, -0.25) is 5.01 Å². The maximum absolute atomic E-state index is 14.8. The Morgan fingerprint density at radius 1 is 1.28 bits per heavy atom. The second-order valence-electron chi connectivity index (χ2n) is 7.64. The Bertz CT molecular complexity index is 1370. The third kappa shape index (κ3) is 4.86. The summed E-state index contributed by atoms with van der Waals surface area (Å²) >= 11 is 13.5. The van der Waals surface area contributed by atoms with Crippen LogP contribution in [0, 0.1) is 5.82 Å². The largest absolute Gasteiger partial charge is 0.433 e. The maximum atomic E-state index is 14.8. The molecule has 1 aliphatic rings. The van der Waals surface area contributed by atoms with E-state index in [0.717, 1.165) is 16.3 Å². The molecule has 0 radical (unpaired) electrons. The van der Waals surface area contributed by atoms with Gasteiger partial charge in [0.25, 0.3) is 0 Å². The molecule has 0 saturated heterocycles. The van der Waals surface area contributed by atoms with Crippen molar-refractivity contribution in [2.45, 2.75) is 13.1 Å². The number of rotatable bonds is 6. The summed E-state index contributed by atoms with van der Waals surface area (Å²) in [4.78, 5) is 4.23. The van der Waals surface area contributed by atoms with E-state index in [9.17, 15) is 17.6 Å². The molecule has 0 aliphatic carbocycles. The van der Waals surface area contributed by atoms with Gasteiger partial charge in [0.15, 0.2) is 5.76 Å². The monoisotopic (exact) mass is 556 g/mol. The Balaban J connectivity index is 1.97. The smallest absolute Gasteiger partial charge is 0.355 e. The van der Waals surface area contributed by atoms with Crippen LogP contribution in [0.15, 0.2) is 75.5 Å². The van der Waals surface area contributed by atoms with Gasteiger partial charge in [-0.15, -0.1) is 11.3 Å². The summed E-state index contributed by atoms with van der Waals surface area (Å²) < 4.78 is 63.8. The predicted octanol–water partition coefficient (Wildman–Crippen LogP) is 7.91. The number of thiazole rings is 1. The lowest BCUT2D eigenvalue weighted by Gasteiger charge is -2.30. The van der Waals surface area contributed by atoms with E-state index in [1.54, 1.807) is 18.4 Å². The van der Waals surface area contributed by atoms with Crippen molar-refractivity contribution in [2.24, 2.45) is 0 Å². The number of benzene rings is 1. The first-order chi connectivity index (χ1) is 17.0. The molecule has 0 unspecified atom stereocenters. The van der Waals surface area contributed by atoms with Crippen LogP contribution in [0.1, 0.15) is 12.7 Å². The molecular weight excluding hydrogens is 539 g/mol. The highest BCUT2D eigenvalue weighted by molar-refractivity contribution is 7.13. The third-order valence-electron chi connectivity index (χ3n) is 5.21. The molecule has 12 heteroatoms. The molecule has 4 rings (SSSR count). The van der Waals surface area contributed by atoms with Crippen LogP contribution in [0.25, 0.3) is 27.4 Å². The second-order valence-corrected chi connectivity index (χ2v) is 9.38.